The summed E-state index contributed by atoms with van der Waals surface area (Å²) in [5.41, 5.74) is 1.24. The Morgan fingerprint density at radius 3 is 2.68 bits per heavy atom. The standard InChI is InChI=1S/C17H17N5OS2/c18-11-13-1-3-14(4-2-13)21-15(23)12-25-17-16(19-5-6-20-17)22-7-9-24-10-8-22/h1-6H,7-10,12H2,(H,21,23). The van der Waals surface area contributed by atoms with Gasteiger partial charge in [-0.25, -0.2) is 9.97 Å². The molecule has 0 atom stereocenters. The molecule has 0 unspecified atom stereocenters. The number of hydrogen-bond acceptors (Lipinski definition) is 7. The Hall–Kier alpha value is -2.24. The summed E-state index contributed by atoms with van der Waals surface area (Å²) in [6.07, 6.45) is 3.35. The lowest BCUT2D eigenvalue weighted by molar-refractivity contribution is -0.113. The van der Waals surface area contributed by atoms with Crippen LogP contribution in [-0.2, 0) is 4.79 Å². The number of amides is 1. The van der Waals surface area contributed by atoms with E-state index in [0.717, 1.165) is 35.4 Å². The molecule has 0 bridgehead atoms. The summed E-state index contributed by atoms with van der Waals surface area (Å²) in [6.45, 7) is 1.91. The summed E-state index contributed by atoms with van der Waals surface area (Å²) in [6, 6.07) is 8.86. The summed E-state index contributed by atoms with van der Waals surface area (Å²) in [4.78, 5) is 23.2. The van der Waals surface area contributed by atoms with Gasteiger partial charge in [-0.15, -0.1) is 0 Å². The fourth-order valence-electron chi connectivity index (χ4n) is 2.37. The van der Waals surface area contributed by atoms with Crippen LogP contribution >= 0.6 is 23.5 Å². The Labute approximate surface area is 155 Å². The van der Waals surface area contributed by atoms with E-state index in [1.807, 2.05) is 11.8 Å². The molecule has 2 heterocycles. The van der Waals surface area contributed by atoms with Gasteiger partial charge in [0.05, 0.1) is 17.4 Å². The number of anilines is 2. The molecule has 1 saturated heterocycles. The predicted molar refractivity (Wildman–Crippen MR) is 102 cm³/mol. The van der Waals surface area contributed by atoms with Gasteiger partial charge >= 0.3 is 0 Å². The van der Waals surface area contributed by atoms with Gasteiger partial charge in [-0.05, 0) is 24.3 Å². The molecule has 0 spiro atoms. The number of hydrogen-bond donors (Lipinski definition) is 1. The Balaban J connectivity index is 1.59. The second-order valence-corrected chi connectivity index (χ2v) is 7.50. The third-order valence-corrected chi connectivity index (χ3v) is 5.51. The van der Waals surface area contributed by atoms with Crippen molar-refractivity contribution in [3.63, 3.8) is 0 Å². The number of carbonyl (C=O) groups excluding carboxylic acids is 1. The van der Waals surface area contributed by atoms with Crippen molar-refractivity contribution in [3.8, 4) is 6.07 Å². The summed E-state index contributed by atoms with van der Waals surface area (Å²) in [5.74, 6) is 3.17. The van der Waals surface area contributed by atoms with E-state index in [9.17, 15) is 4.79 Å². The van der Waals surface area contributed by atoms with Crippen molar-refractivity contribution in [1.82, 2.24) is 9.97 Å². The van der Waals surface area contributed by atoms with Gasteiger partial charge in [0, 0.05) is 42.7 Å². The quantitative estimate of drug-likeness (QED) is 0.809. The van der Waals surface area contributed by atoms with Crippen LogP contribution in [0.15, 0.2) is 41.7 Å². The van der Waals surface area contributed by atoms with Crippen LogP contribution in [0.2, 0.25) is 0 Å². The Morgan fingerprint density at radius 1 is 1.24 bits per heavy atom. The molecule has 2 aromatic rings. The van der Waals surface area contributed by atoms with E-state index in [1.165, 1.54) is 11.8 Å². The molecule has 1 aliphatic heterocycles. The summed E-state index contributed by atoms with van der Waals surface area (Å²) < 4.78 is 0. The number of nitrogens with zero attached hydrogens (tertiary/aromatic N) is 4. The highest BCUT2D eigenvalue weighted by molar-refractivity contribution is 8.00. The topological polar surface area (TPSA) is 81.9 Å². The van der Waals surface area contributed by atoms with Crippen LogP contribution in [0.3, 0.4) is 0 Å². The maximum absolute atomic E-state index is 12.2. The lowest BCUT2D eigenvalue weighted by Gasteiger charge is -2.28. The zero-order valence-corrected chi connectivity index (χ0v) is 15.1. The van der Waals surface area contributed by atoms with Crippen molar-refractivity contribution in [2.45, 2.75) is 5.03 Å². The summed E-state index contributed by atoms with van der Waals surface area (Å²) in [5, 5.41) is 12.4. The Kier molecular flexibility index (Phi) is 6.14. The van der Waals surface area contributed by atoms with Crippen LogP contribution in [0.5, 0.6) is 0 Å². The van der Waals surface area contributed by atoms with Crippen molar-refractivity contribution >= 4 is 40.9 Å². The molecule has 3 rings (SSSR count). The van der Waals surface area contributed by atoms with Crippen LogP contribution in [0, 0.1) is 11.3 Å². The second-order valence-electron chi connectivity index (χ2n) is 5.31. The van der Waals surface area contributed by atoms with Crippen LogP contribution in [-0.4, -0.2) is 46.2 Å². The van der Waals surface area contributed by atoms with Gasteiger partial charge in [0.15, 0.2) is 5.82 Å². The Morgan fingerprint density at radius 2 is 1.96 bits per heavy atom. The molecule has 0 radical (unpaired) electrons. The average Bonchev–Trinajstić information content (AvgIpc) is 2.68. The molecule has 25 heavy (non-hydrogen) atoms. The van der Waals surface area contributed by atoms with Gasteiger partial charge in [0.25, 0.3) is 0 Å². The first-order chi connectivity index (χ1) is 12.3. The molecule has 8 heteroatoms. The van der Waals surface area contributed by atoms with Crippen molar-refractivity contribution in [1.29, 1.82) is 5.26 Å². The monoisotopic (exact) mass is 371 g/mol. The van der Waals surface area contributed by atoms with E-state index in [4.69, 9.17) is 5.26 Å². The third kappa shape index (κ3) is 4.87. The molecule has 128 valence electrons. The minimum atomic E-state index is -0.111. The highest BCUT2D eigenvalue weighted by Gasteiger charge is 2.17. The van der Waals surface area contributed by atoms with E-state index in [1.54, 1.807) is 36.7 Å². The maximum Gasteiger partial charge on any atom is 0.234 e. The number of benzene rings is 1. The van der Waals surface area contributed by atoms with E-state index >= 15 is 0 Å². The molecular formula is C17H17N5OS2. The highest BCUT2D eigenvalue weighted by Crippen LogP contribution is 2.27. The summed E-state index contributed by atoms with van der Waals surface area (Å²) in [7, 11) is 0. The van der Waals surface area contributed by atoms with Crippen molar-refractivity contribution in [3.05, 3.63) is 42.2 Å². The largest absolute Gasteiger partial charge is 0.353 e. The molecule has 1 amide bonds. The molecule has 0 aliphatic carbocycles. The predicted octanol–water partition coefficient (Wildman–Crippen LogP) is 2.63. The fourth-order valence-corrected chi connectivity index (χ4v) is 4.06. The van der Waals surface area contributed by atoms with Gasteiger partial charge in [-0.1, -0.05) is 11.8 Å². The van der Waals surface area contributed by atoms with Crippen LogP contribution in [0.25, 0.3) is 0 Å². The first-order valence-corrected chi connectivity index (χ1v) is 9.97. The maximum atomic E-state index is 12.2. The van der Waals surface area contributed by atoms with E-state index in [-0.39, 0.29) is 11.7 Å². The molecule has 1 aromatic carbocycles. The zero-order chi connectivity index (χ0) is 17.5. The SMILES string of the molecule is N#Cc1ccc(NC(=O)CSc2nccnc2N2CCSCC2)cc1. The molecular weight excluding hydrogens is 354 g/mol. The molecule has 1 aliphatic rings. The van der Waals surface area contributed by atoms with Gasteiger partial charge in [-0.2, -0.15) is 17.0 Å². The first kappa shape index (κ1) is 17.6. The van der Waals surface area contributed by atoms with Crippen molar-refractivity contribution < 1.29 is 4.79 Å². The van der Waals surface area contributed by atoms with Crippen LogP contribution in [0.4, 0.5) is 11.5 Å². The van der Waals surface area contributed by atoms with Gasteiger partial charge in [0.1, 0.15) is 5.03 Å². The number of carbonyl (C=O) groups is 1. The number of aromatic nitrogens is 2. The third-order valence-electron chi connectivity index (χ3n) is 3.59. The van der Waals surface area contributed by atoms with E-state index in [0.29, 0.717) is 11.3 Å². The first-order valence-electron chi connectivity index (χ1n) is 7.83. The Bertz CT molecular complexity index is 769. The highest BCUT2D eigenvalue weighted by atomic mass is 32.2. The average molecular weight is 371 g/mol. The lowest BCUT2D eigenvalue weighted by atomic mass is 10.2. The van der Waals surface area contributed by atoms with Gasteiger partial charge in [0.2, 0.25) is 5.91 Å². The minimum absolute atomic E-state index is 0.111. The van der Waals surface area contributed by atoms with Gasteiger partial charge in [-0.3, -0.25) is 4.79 Å². The molecule has 6 nitrogen and oxygen atoms in total. The van der Waals surface area contributed by atoms with E-state index < -0.39 is 0 Å². The van der Waals surface area contributed by atoms with Crippen LogP contribution < -0.4 is 10.2 Å². The van der Waals surface area contributed by atoms with Gasteiger partial charge < -0.3 is 10.2 Å². The molecule has 1 N–H and O–H groups in total. The fraction of sp³-hybridized carbons (Fsp3) is 0.294. The lowest BCUT2D eigenvalue weighted by Crippen LogP contribution is -2.33. The number of nitrogens with one attached hydrogen (secondary N) is 1. The molecule has 1 fully saturated rings. The minimum Gasteiger partial charge on any atom is -0.353 e. The summed E-state index contributed by atoms with van der Waals surface area (Å²) >= 11 is 3.33. The number of nitriles is 1. The smallest absolute Gasteiger partial charge is 0.234 e. The molecule has 1 aromatic heterocycles. The van der Waals surface area contributed by atoms with E-state index in [2.05, 4.69) is 26.3 Å². The molecule has 0 saturated carbocycles. The van der Waals surface area contributed by atoms with Crippen molar-refractivity contribution in [2.75, 3.05) is 40.6 Å². The van der Waals surface area contributed by atoms with Crippen LogP contribution in [0.1, 0.15) is 5.56 Å². The zero-order valence-electron chi connectivity index (χ0n) is 13.5. The van der Waals surface area contributed by atoms with Crippen molar-refractivity contribution in [2.24, 2.45) is 0 Å². The number of rotatable bonds is 5. The second kappa shape index (κ2) is 8.74. The normalized spacial score (nSPS) is 14.0. The number of thioether (sulfide) groups is 2.